The van der Waals surface area contributed by atoms with Crippen molar-refractivity contribution in [1.82, 2.24) is 4.98 Å². The van der Waals surface area contributed by atoms with Gasteiger partial charge in [-0.3, -0.25) is 0 Å². The minimum Gasteiger partial charge on any atom is -0.326 e. The van der Waals surface area contributed by atoms with Gasteiger partial charge in [0, 0.05) is 12.1 Å². The van der Waals surface area contributed by atoms with E-state index in [9.17, 15) is 0 Å². The van der Waals surface area contributed by atoms with E-state index in [1.807, 2.05) is 6.92 Å². The maximum Gasteiger partial charge on any atom is 0.135 e. The van der Waals surface area contributed by atoms with Gasteiger partial charge >= 0.3 is 0 Å². The second-order valence-corrected chi connectivity index (χ2v) is 2.98. The molecule has 0 aliphatic rings. The number of hydrogen-bond donors (Lipinski definition) is 1. The predicted octanol–water partition coefficient (Wildman–Crippen LogP) is 2.16. The topological polar surface area (TPSA) is 38.9 Å². The molecule has 0 aliphatic heterocycles. The number of pyridine rings is 1. The maximum absolute atomic E-state index is 5.76. The molecule has 0 saturated heterocycles. The number of rotatable bonds is 1. The summed E-state index contributed by atoms with van der Waals surface area (Å²) < 4.78 is 0. The van der Waals surface area contributed by atoms with E-state index in [4.69, 9.17) is 28.9 Å². The van der Waals surface area contributed by atoms with Crippen molar-refractivity contribution in [2.24, 2.45) is 5.73 Å². The van der Waals surface area contributed by atoms with Gasteiger partial charge in [-0.05, 0) is 18.6 Å². The summed E-state index contributed by atoms with van der Waals surface area (Å²) in [4.78, 5) is 3.86. The number of aryl methyl sites for hydroxylation is 1. The Hall–Kier alpha value is -0.310. The molecule has 0 saturated carbocycles. The van der Waals surface area contributed by atoms with Crippen LogP contribution in [0.5, 0.6) is 0 Å². The number of halogens is 2. The zero-order valence-corrected chi connectivity index (χ0v) is 7.58. The molecule has 1 aromatic rings. The van der Waals surface area contributed by atoms with Crippen LogP contribution in [-0.4, -0.2) is 4.98 Å². The average Bonchev–Trinajstić information content (AvgIpc) is 1.85. The molecule has 1 rings (SSSR count). The molecule has 60 valence electrons. The Balaban J connectivity index is 3.25. The van der Waals surface area contributed by atoms with Crippen molar-refractivity contribution in [3.8, 4) is 0 Å². The molecule has 0 fully saturated rings. The molecule has 0 atom stereocenters. The molecule has 1 heterocycles. The highest BCUT2D eigenvalue weighted by molar-refractivity contribution is 6.33. The molecule has 0 aromatic carbocycles. The Morgan fingerprint density at radius 3 is 2.64 bits per heavy atom. The molecular weight excluding hydrogens is 183 g/mol. The minimum atomic E-state index is 0.398. The van der Waals surface area contributed by atoms with Crippen LogP contribution in [0.1, 0.15) is 11.1 Å². The van der Waals surface area contributed by atoms with Crippen molar-refractivity contribution in [1.29, 1.82) is 0 Å². The van der Waals surface area contributed by atoms with E-state index in [-0.39, 0.29) is 0 Å². The second kappa shape index (κ2) is 3.39. The van der Waals surface area contributed by atoms with Gasteiger partial charge in [0.15, 0.2) is 0 Å². The largest absolute Gasteiger partial charge is 0.326 e. The summed E-state index contributed by atoms with van der Waals surface area (Å²) in [5, 5.41) is 0.808. The standard InChI is InChI=1S/C7H8Cl2N2/c1-4-2-6(8)11-7(9)5(4)3-10/h2H,3,10H2,1H3. The van der Waals surface area contributed by atoms with Crippen molar-refractivity contribution >= 4 is 23.2 Å². The van der Waals surface area contributed by atoms with Crippen LogP contribution >= 0.6 is 23.2 Å². The Labute approximate surface area is 75.3 Å². The first-order valence-corrected chi connectivity index (χ1v) is 3.92. The third-order valence-corrected chi connectivity index (χ3v) is 1.98. The number of hydrogen-bond acceptors (Lipinski definition) is 2. The molecular formula is C7H8Cl2N2. The monoisotopic (exact) mass is 190 g/mol. The zero-order chi connectivity index (χ0) is 8.43. The fourth-order valence-electron chi connectivity index (χ4n) is 0.867. The van der Waals surface area contributed by atoms with Gasteiger partial charge in [0.2, 0.25) is 0 Å². The highest BCUT2D eigenvalue weighted by Crippen LogP contribution is 2.20. The van der Waals surface area contributed by atoms with Crippen molar-refractivity contribution in [3.63, 3.8) is 0 Å². The van der Waals surface area contributed by atoms with Crippen LogP contribution in [0, 0.1) is 6.92 Å². The number of aromatic nitrogens is 1. The lowest BCUT2D eigenvalue weighted by atomic mass is 10.2. The fourth-order valence-corrected chi connectivity index (χ4v) is 1.48. The first kappa shape index (κ1) is 8.78. The lowest BCUT2D eigenvalue weighted by molar-refractivity contribution is 1.03. The molecule has 1 aromatic heterocycles. The first-order chi connectivity index (χ1) is 5.15. The van der Waals surface area contributed by atoms with Crippen molar-refractivity contribution in [3.05, 3.63) is 27.5 Å². The van der Waals surface area contributed by atoms with Crippen LogP contribution in [0.25, 0.3) is 0 Å². The normalized spacial score (nSPS) is 10.2. The van der Waals surface area contributed by atoms with Gasteiger partial charge in [0.05, 0.1) is 0 Å². The van der Waals surface area contributed by atoms with Crippen LogP contribution in [-0.2, 0) is 6.54 Å². The molecule has 0 bridgehead atoms. The third kappa shape index (κ3) is 1.83. The average molecular weight is 191 g/mol. The molecule has 2 nitrogen and oxygen atoms in total. The van der Waals surface area contributed by atoms with E-state index in [2.05, 4.69) is 4.98 Å². The van der Waals surface area contributed by atoms with E-state index in [0.29, 0.717) is 16.9 Å². The van der Waals surface area contributed by atoms with E-state index >= 15 is 0 Å². The van der Waals surface area contributed by atoms with Gasteiger partial charge in [-0.25, -0.2) is 4.98 Å². The summed E-state index contributed by atoms with van der Waals surface area (Å²) in [6.45, 7) is 2.30. The van der Waals surface area contributed by atoms with E-state index in [1.54, 1.807) is 6.07 Å². The molecule has 0 amide bonds. The van der Waals surface area contributed by atoms with Crippen molar-refractivity contribution in [2.45, 2.75) is 13.5 Å². The summed E-state index contributed by atoms with van der Waals surface area (Å²) in [5.74, 6) is 0. The van der Waals surface area contributed by atoms with Crippen molar-refractivity contribution in [2.75, 3.05) is 0 Å². The minimum absolute atomic E-state index is 0.398. The third-order valence-electron chi connectivity index (χ3n) is 1.47. The number of nitrogens with two attached hydrogens (primary N) is 1. The van der Waals surface area contributed by atoms with Gasteiger partial charge in [0.1, 0.15) is 10.3 Å². The summed E-state index contributed by atoms with van der Waals surface area (Å²) in [6, 6.07) is 1.75. The molecule has 0 spiro atoms. The highest BCUT2D eigenvalue weighted by Gasteiger charge is 2.04. The Morgan fingerprint density at radius 1 is 1.55 bits per heavy atom. The Morgan fingerprint density at radius 2 is 2.18 bits per heavy atom. The van der Waals surface area contributed by atoms with Crippen LogP contribution < -0.4 is 5.73 Å². The van der Waals surface area contributed by atoms with Gasteiger partial charge < -0.3 is 5.73 Å². The molecule has 0 unspecified atom stereocenters. The van der Waals surface area contributed by atoms with Gasteiger partial charge in [-0.1, -0.05) is 23.2 Å². The van der Waals surface area contributed by atoms with Crippen LogP contribution in [0.15, 0.2) is 6.07 Å². The lowest BCUT2D eigenvalue weighted by Gasteiger charge is -2.04. The molecule has 2 N–H and O–H groups in total. The van der Waals surface area contributed by atoms with Crippen LogP contribution in [0.4, 0.5) is 0 Å². The Kier molecular flexibility index (Phi) is 2.71. The van der Waals surface area contributed by atoms with Gasteiger partial charge in [-0.15, -0.1) is 0 Å². The lowest BCUT2D eigenvalue weighted by Crippen LogP contribution is -2.01. The summed E-state index contributed by atoms with van der Waals surface area (Å²) >= 11 is 11.4. The van der Waals surface area contributed by atoms with Gasteiger partial charge in [-0.2, -0.15) is 0 Å². The van der Waals surface area contributed by atoms with E-state index in [0.717, 1.165) is 11.1 Å². The van der Waals surface area contributed by atoms with E-state index in [1.165, 1.54) is 0 Å². The summed E-state index contributed by atoms with van der Waals surface area (Å²) in [7, 11) is 0. The second-order valence-electron chi connectivity index (χ2n) is 2.24. The quantitative estimate of drug-likeness (QED) is 0.690. The summed E-state index contributed by atoms with van der Waals surface area (Å²) in [6.07, 6.45) is 0. The molecule has 0 radical (unpaired) electrons. The Bertz CT molecular complexity index is 250. The first-order valence-electron chi connectivity index (χ1n) is 3.16. The van der Waals surface area contributed by atoms with Gasteiger partial charge in [0.25, 0.3) is 0 Å². The predicted molar refractivity (Wildman–Crippen MR) is 46.9 cm³/mol. The smallest absolute Gasteiger partial charge is 0.135 e. The van der Waals surface area contributed by atoms with Crippen LogP contribution in [0.3, 0.4) is 0 Å². The number of nitrogens with zero attached hydrogens (tertiary/aromatic N) is 1. The fraction of sp³-hybridized carbons (Fsp3) is 0.286. The molecule has 0 aliphatic carbocycles. The van der Waals surface area contributed by atoms with E-state index < -0.39 is 0 Å². The molecule has 4 heteroatoms. The summed E-state index contributed by atoms with van der Waals surface area (Å²) in [5.41, 5.74) is 7.28. The maximum atomic E-state index is 5.76. The zero-order valence-electron chi connectivity index (χ0n) is 6.06. The highest BCUT2D eigenvalue weighted by atomic mass is 35.5. The SMILES string of the molecule is Cc1cc(Cl)nc(Cl)c1CN. The van der Waals surface area contributed by atoms with Crippen molar-refractivity contribution < 1.29 is 0 Å². The van der Waals surface area contributed by atoms with Crippen LogP contribution in [0.2, 0.25) is 10.3 Å². The molecule has 11 heavy (non-hydrogen) atoms.